The van der Waals surface area contributed by atoms with Gasteiger partial charge in [-0.2, -0.15) is 0 Å². The van der Waals surface area contributed by atoms with Crippen LogP contribution < -0.4 is 11.5 Å². The molecule has 4 aromatic rings. The van der Waals surface area contributed by atoms with Crippen LogP contribution in [-0.4, -0.2) is 41.9 Å². The van der Waals surface area contributed by atoms with Crippen molar-refractivity contribution < 1.29 is 14.6 Å². The third kappa shape index (κ3) is 2.85. The van der Waals surface area contributed by atoms with Gasteiger partial charge in [-0.25, -0.2) is 19.3 Å². The van der Waals surface area contributed by atoms with Crippen molar-refractivity contribution in [1.29, 1.82) is 0 Å². The average molecular weight is 449 g/mol. The van der Waals surface area contributed by atoms with Crippen LogP contribution in [0.3, 0.4) is 0 Å². The summed E-state index contributed by atoms with van der Waals surface area (Å²) in [5.74, 6) is -0.113. The topological polar surface area (TPSA) is 136 Å². The van der Waals surface area contributed by atoms with E-state index in [4.69, 9.17) is 11.5 Å². The summed E-state index contributed by atoms with van der Waals surface area (Å²) in [6.07, 6.45) is 4.79. The first-order valence-corrected chi connectivity index (χ1v) is 11.2. The summed E-state index contributed by atoms with van der Waals surface area (Å²) >= 11 is 0. The Bertz CT molecular complexity index is 1390. The van der Waals surface area contributed by atoms with E-state index in [9.17, 15) is 14.6 Å². The van der Waals surface area contributed by atoms with Crippen molar-refractivity contribution in [2.45, 2.75) is 43.9 Å². The van der Waals surface area contributed by atoms with E-state index in [0.717, 1.165) is 30.2 Å². The van der Waals surface area contributed by atoms with Gasteiger partial charge in [0.15, 0.2) is 11.6 Å². The van der Waals surface area contributed by atoms with Gasteiger partial charge in [0.1, 0.15) is 23.9 Å². The van der Waals surface area contributed by atoms with Gasteiger partial charge in [0.05, 0.1) is 23.0 Å². The fourth-order valence-corrected chi connectivity index (χ4v) is 6.11. The van der Waals surface area contributed by atoms with Crippen molar-refractivity contribution in [2.75, 3.05) is 11.5 Å². The van der Waals surface area contributed by atoms with Gasteiger partial charge in [-0.15, -0.1) is 0 Å². The lowest BCUT2D eigenvalue weighted by molar-refractivity contribution is -0.0742. The molecule has 0 amide bonds. The summed E-state index contributed by atoms with van der Waals surface area (Å²) in [6.45, 7) is 0. The Morgan fingerprint density at radius 3 is 2.76 bits per heavy atom. The van der Waals surface area contributed by atoms with Crippen LogP contribution >= 0.6 is 0 Å². The first-order chi connectivity index (χ1) is 15.9. The highest BCUT2D eigenvalue weighted by Crippen LogP contribution is 2.64. The van der Waals surface area contributed by atoms with Crippen LogP contribution in [0.5, 0.6) is 0 Å². The van der Waals surface area contributed by atoms with E-state index in [1.807, 2.05) is 35.0 Å². The van der Waals surface area contributed by atoms with Gasteiger partial charge in [0.25, 0.3) is 0 Å². The van der Waals surface area contributed by atoms with E-state index < -0.39 is 18.0 Å². The van der Waals surface area contributed by atoms with Crippen LogP contribution in [0, 0.1) is 17.2 Å². The van der Waals surface area contributed by atoms with Crippen LogP contribution in [0.4, 0.5) is 16.0 Å². The molecule has 0 unspecified atom stereocenters. The van der Waals surface area contributed by atoms with E-state index in [2.05, 4.69) is 15.0 Å². The molecule has 0 radical (unpaired) electrons. The minimum atomic E-state index is -0.898. The highest BCUT2D eigenvalue weighted by Gasteiger charge is 2.64. The molecule has 2 saturated carbocycles. The molecular weight excluding hydrogens is 423 g/mol. The molecule has 0 saturated heterocycles. The summed E-state index contributed by atoms with van der Waals surface area (Å²) in [4.78, 5) is 12.6. The highest BCUT2D eigenvalue weighted by atomic mass is 19.1. The van der Waals surface area contributed by atoms with Gasteiger partial charge in [0, 0.05) is 17.0 Å². The number of halogens is 1. The summed E-state index contributed by atoms with van der Waals surface area (Å²) in [6, 6.07) is 8.69. The lowest BCUT2D eigenvalue weighted by atomic mass is 9.58. The summed E-state index contributed by atoms with van der Waals surface area (Å²) in [5.41, 5.74) is 13.6. The molecule has 9 heteroatoms. The molecule has 3 aromatic heterocycles. The van der Waals surface area contributed by atoms with Crippen molar-refractivity contribution >= 4 is 33.6 Å². The number of nitrogen functional groups attached to an aromatic ring is 2. The second-order valence-electron chi connectivity index (χ2n) is 9.41. The van der Waals surface area contributed by atoms with E-state index >= 15 is 0 Å². The Morgan fingerprint density at radius 1 is 1.12 bits per heavy atom. The normalized spacial score (nSPS) is 28.8. The predicted octanol–water partition coefficient (Wildman–Crippen LogP) is 2.59. The molecule has 0 spiro atoms. The maximum absolute atomic E-state index is 13.7. The van der Waals surface area contributed by atoms with E-state index in [1.54, 1.807) is 0 Å². The molecule has 8 nitrogen and oxygen atoms in total. The number of nitrogens with zero attached hydrogens (tertiary/aromatic N) is 4. The van der Waals surface area contributed by atoms with Gasteiger partial charge in [-0.3, -0.25) is 0 Å². The molecule has 1 aromatic carbocycles. The molecule has 6 N–H and O–H groups in total. The molecular formula is C24H25FN6O2. The Labute approximate surface area is 189 Å². The van der Waals surface area contributed by atoms with Gasteiger partial charge >= 0.3 is 0 Å². The minimum absolute atomic E-state index is 0.113. The lowest BCUT2D eigenvalue weighted by Crippen LogP contribution is -2.46. The second kappa shape index (κ2) is 7.10. The maximum Gasteiger partial charge on any atom is 0.165 e. The second-order valence-corrected chi connectivity index (χ2v) is 9.41. The van der Waals surface area contributed by atoms with Crippen LogP contribution in [0.1, 0.15) is 30.9 Å². The maximum atomic E-state index is 13.7. The number of anilines is 2. The number of aromatic nitrogens is 4. The van der Waals surface area contributed by atoms with Crippen LogP contribution in [0.15, 0.2) is 42.9 Å². The van der Waals surface area contributed by atoms with Gasteiger partial charge in [-0.1, -0.05) is 12.1 Å². The number of pyridine rings is 1. The molecule has 0 aliphatic heterocycles. The molecule has 2 fully saturated rings. The van der Waals surface area contributed by atoms with Crippen molar-refractivity contribution in [2.24, 2.45) is 11.3 Å². The summed E-state index contributed by atoms with van der Waals surface area (Å²) in [7, 11) is 0. The number of rotatable bonds is 4. The first kappa shape index (κ1) is 20.3. The zero-order valence-electron chi connectivity index (χ0n) is 17.9. The molecule has 2 aliphatic rings. The minimum Gasteiger partial charge on any atom is -0.390 e. The number of fused-ring (bicyclic) bond motifs is 3. The molecule has 6 rings (SSSR count). The summed E-state index contributed by atoms with van der Waals surface area (Å²) < 4.78 is 15.6. The molecule has 2 aliphatic carbocycles. The van der Waals surface area contributed by atoms with Crippen molar-refractivity contribution in [3.8, 4) is 0 Å². The number of nitrogens with two attached hydrogens (primary N) is 2. The standard InChI is InChI=1S/C24H25FN6O2/c25-16-10-13-2-1-12(9-17(13)30-22(16)27)3-6-24-7-4-15(24)18(19(32)20(24)33)31-8-5-14-21(26)28-11-29-23(14)31/h1-2,5,8-11,15,18-20,32-33H,3-4,6-7H2,(H2,27,30)(H2,26,28,29)/t15-,18-,19+,20+,24-/m1/s1. The Balaban J connectivity index is 1.29. The van der Waals surface area contributed by atoms with Crippen molar-refractivity contribution in [1.82, 2.24) is 19.5 Å². The van der Waals surface area contributed by atoms with E-state index in [-0.39, 0.29) is 23.2 Å². The number of hydrogen-bond donors (Lipinski definition) is 4. The average Bonchev–Trinajstić information content (AvgIpc) is 3.27. The number of hydrogen-bond acceptors (Lipinski definition) is 7. The van der Waals surface area contributed by atoms with Crippen LogP contribution in [0.25, 0.3) is 21.9 Å². The Kier molecular flexibility index (Phi) is 4.37. The SMILES string of the molecule is Nc1nc2cc(CC[C@@]34CC[C@@H]3[C@@H](n3ccc5c(N)ncnc53)[C@H](O)[C@@H]4O)ccc2cc1F. The number of aryl methyl sites for hydroxylation is 1. The molecule has 3 heterocycles. The third-order valence-electron chi connectivity index (χ3n) is 7.94. The van der Waals surface area contributed by atoms with Crippen molar-refractivity contribution in [3.05, 3.63) is 54.2 Å². The quantitative estimate of drug-likeness (QED) is 0.377. The number of benzene rings is 1. The number of aliphatic hydroxyl groups excluding tert-OH is 2. The highest BCUT2D eigenvalue weighted by molar-refractivity contribution is 5.86. The van der Waals surface area contributed by atoms with Crippen LogP contribution in [-0.2, 0) is 6.42 Å². The van der Waals surface area contributed by atoms with Gasteiger partial charge in [0.2, 0.25) is 0 Å². The largest absolute Gasteiger partial charge is 0.390 e. The Morgan fingerprint density at radius 2 is 1.97 bits per heavy atom. The van der Waals surface area contributed by atoms with Gasteiger partial charge in [-0.05, 0) is 55.4 Å². The molecule has 33 heavy (non-hydrogen) atoms. The van der Waals surface area contributed by atoms with Crippen LogP contribution in [0.2, 0.25) is 0 Å². The predicted molar refractivity (Wildman–Crippen MR) is 123 cm³/mol. The number of aliphatic hydroxyl groups is 2. The molecule has 0 bridgehead atoms. The van der Waals surface area contributed by atoms with Crippen molar-refractivity contribution in [3.63, 3.8) is 0 Å². The van der Waals surface area contributed by atoms with Gasteiger partial charge < -0.3 is 26.2 Å². The smallest absolute Gasteiger partial charge is 0.165 e. The zero-order valence-corrected chi connectivity index (χ0v) is 17.9. The first-order valence-electron chi connectivity index (χ1n) is 11.2. The fourth-order valence-electron chi connectivity index (χ4n) is 6.11. The third-order valence-corrected chi connectivity index (χ3v) is 7.94. The molecule has 170 valence electrons. The van der Waals surface area contributed by atoms with E-state index in [1.165, 1.54) is 12.4 Å². The monoisotopic (exact) mass is 448 g/mol. The van der Waals surface area contributed by atoms with E-state index in [0.29, 0.717) is 28.8 Å². The molecule has 5 atom stereocenters. The zero-order chi connectivity index (χ0) is 22.9. The fraction of sp³-hybridized carbons (Fsp3) is 0.375. The lowest BCUT2D eigenvalue weighted by Gasteiger charge is -2.48. The summed E-state index contributed by atoms with van der Waals surface area (Å²) in [5, 5.41) is 23.7. The Hall–Kier alpha value is -3.30.